The molecule has 0 rings (SSSR count). The van der Waals surface area contributed by atoms with Crippen LogP contribution >= 0.6 is 0 Å². The molecule has 0 amide bonds. The van der Waals surface area contributed by atoms with Crippen LogP contribution in [0.25, 0.3) is 0 Å². The van der Waals surface area contributed by atoms with E-state index >= 15 is 0 Å². The first-order valence-corrected chi connectivity index (χ1v) is 6.97. The SMILES string of the molecule is [CH]C=CN(CCCCCC)CCCCCC. The van der Waals surface area contributed by atoms with E-state index in [1.54, 1.807) is 6.08 Å². The number of hydrogen-bond donors (Lipinski definition) is 0. The van der Waals surface area contributed by atoms with Crippen LogP contribution < -0.4 is 0 Å². The van der Waals surface area contributed by atoms with E-state index in [9.17, 15) is 0 Å². The second-order valence-electron chi connectivity index (χ2n) is 4.50. The minimum atomic E-state index is 1.17. The molecule has 0 aromatic carbocycles. The van der Waals surface area contributed by atoms with Crippen LogP contribution in [0, 0.1) is 6.92 Å². The standard InChI is InChI=1S/C15H29N/c1-4-7-9-11-14-16(13-6-3)15-12-10-8-5-2/h3,6,13H,4-5,7-12,14-15H2,1-2H3. The molecule has 0 aliphatic carbocycles. The van der Waals surface area contributed by atoms with Gasteiger partial charge in [-0.2, -0.15) is 0 Å². The lowest BCUT2D eigenvalue weighted by atomic mass is 10.2. The maximum Gasteiger partial charge on any atom is 0.0172 e. The first-order valence-electron chi connectivity index (χ1n) is 6.97. The minimum Gasteiger partial charge on any atom is -0.378 e. The molecule has 0 bridgehead atoms. The van der Waals surface area contributed by atoms with E-state index < -0.39 is 0 Å². The van der Waals surface area contributed by atoms with Crippen molar-refractivity contribution in [2.75, 3.05) is 13.1 Å². The van der Waals surface area contributed by atoms with Crippen LogP contribution in [0.15, 0.2) is 12.3 Å². The van der Waals surface area contributed by atoms with E-state index in [0.29, 0.717) is 0 Å². The zero-order chi connectivity index (χ0) is 12.1. The van der Waals surface area contributed by atoms with E-state index in [-0.39, 0.29) is 0 Å². The monoisotopic (exact) mass is 223 g/mol. The summed E-state index contributed by atoms with van der Waals surface area (Å²) < 4.78 is 0. The van der Waals surface area contributed by atoms with E-state index in [0.717, 1.165) is 0 Å². The quantitative estimate of drug-likeness (QED) is 0.460. The molecule has 0 aliphatic rings. The van der Waals surface area contributed by atoms with Crippen molar-refractivity contribution in [3.8, 4) is 0 Å². The van der Waals surface area contributed by atoms with Crippen molar-refractivity contribution in [1.29, 1.82) is 0 Å². The molecule has 0 aromatic rings. The molecule has 0 heterocycles. The lowest BCUT2D eigenvalue weighted by molar-refractivity contribution is 0.351. The van der Waals surface area contributed by atoms with Gasteiger partial charge in [-0.25, -0.2) is 0 Å². The average Bonchev–Trinajstić information content (AvgIpc) is 2.30. The molecule has 0 aromatic heterocycles. The maximum absolute atomic E-state index is 5.47. The van der Waals surface area contributed by atoms with Gasteiger partial charge in [0.15, 0.2) is 0 Å². The van der Waals surface area contributed by atoms with Crippen LogP contribution in [0.2, 0.25) is 0 Å². The molecule has 2 radical (unpaired) electrons. The number of unbranched alkanes of at least 4 members (excludes halogenated alkanes) is 6. The molecule has 94 valence electrons. The summed E-state index contributed by atoms with van der Waals surface area (Å²) in [5.74, 6) is 0. The third-order valence-electron chi connectivity index (χ3n) is 2.89. The second kappa shape index (κ2) is 12.6. The molecule has 0 atom stereocenters. The second-order valence-corrected chi connectivity index (χ2v) is 4.50. The summed E-state index contributed by atoms with van der Waals surface area (Å²) in [7, 11) is 0. The van der Waals surface area contributed by atoms with Crippen molar-refractivity contribution in [2.24, 2.45) is 0 Å². The van der Waals surface area contributed by atoms with Crippen LogP contribution in [-0.2, 0) is 0 Å². The van der Waals surface area contributed by atoms with Gasteiger partial charge < -0.3 is 4.90 Å². The Balaban J connectivity index is 3.54. The first-order chi connectivity index (χ1) is 7.85. The number of rotatable bonds is 11. The number of hydrogen-bond acceptors (Lipinski definition) is 1. The Labute approximate surface area is 103 Å². The van der Waals surface area contributed by atoms with Crippen LogP contribution in [0.3, 0.4) is 0 Å². The Kier molecular flexibility index (Phi) is 12.2. The predicted octanol–water partition coefficient (Wildman–Crippen LogP) is 4.67. The van der Waals surface area contributed by atoms with E-state index in [1.807, 2.05) is 6.20 Å². The molecule has 1 nitrogen and oxygen atoms in total. The Morgan fingerprint density at radius 3 is 1.69 bits per heavy atom. The summed E-state index contributed by atoms with van der Waals surface area (Å²) in [5.41, 5.74) is 0. The van der Waals surface area contributed by atoms with Gasteiger partial charge in [0.1, 0.15) is 0 Å². The minimum absolute atomic E-state index is 1.17. The highest BCUT2D eigenvalue weighted by Gasteiger charge is 1.98. The molecule has 0 fully saturated rings. The van der Waals surface area contributed by atoms with Gasteiger partial charge in [-0.3, -0.25) is 0 Å². The van der Waals surface area contributed by atoms with Gasteiger partial charge in [-0.05, 0) is 26.0 Å². The average molecular weight is 223 g/mol. The highest BCUT2D eigenvalue weighted by atomic mass is 15.1. The molecular formula is C15H29N. The summed E-state index contributed by atoms with van der Waals surface area (Å²) in [6.45, 7) is 12.3. The summed E-state index contributed by atoms with van der Waals surface area (Å²) in [5, 5.41) is 0. The van der Waals surface area contributed by atoms with Crippen molar-refractivity contribution in [3.05, 3.63) is 19.2 Å². The lowest BCUT2D eigenvalue weighted by Gasteiger charge is -2.20. The maximum atomic E-state index is 5.47. The largest absolute Gasteiger partial charge is 0.378 e. The van der Waals surface area contributed by atoms with Crippen molar-refractivity contribution in [1.82, 2.24) is 4.90 Å². The van der Waals surface area contributed by atoms with E-state index in [1.165, 1.54) is 64.5 Å². The fourth-order valence-corrected chi connectivity index (χ4v) is 1.87. The lowest BCUT2D eigenvalue weighted by Crippen LogP contribution is -2.19. The zero-order valence-electron chi connectivity index (χ0n) is 11.3. The zero-order valence-corrected chi connectivity index (χ0v) is 11.3. The molecular weight excluding hydrogens is 194 g/mol. The van der Waals surface area contributed by atoms with Gasteiger partial charge >= 0.3 is 0 Å². The highest BCUT2D eigenvalue weighted by Crippen LogP contribution is 2.05. The highest BCUT2D eigenvalue weighted by molar-refractivity contribution is 4.84. The predicted molar refractivity (Wildman–Crippen MR) is 73.3 cm³/mol. The summed E-state index contributed by atoms with van der Waals surface area (Å²) in [4.78, 5) is 2.37. The van der Waals surface area contributed by atoms with Gasteiger partial charge in [-0.1, -0.05) is 58.4 Å². The van der Waals surface area contributed by atoms with E-state index in [2.05, 4.69) is 18.7 Å². The molecule has 1 heteroatoms. The van der Waals surface area contributed by atoms with Crippen LogP contribution in [0.1, 0.15) is 65.2 Å². The Morgan fingerprint density at radius 2 is 1.31 bits per heavy atom. The van der Waals surface area contributed by atoms with Gasteiger partial charge in [0.25, 0.3) is 0 Å². The van der Waals surface area contributed by atoms with Gasteiger partial charge in [0, 0.05) is 13.1 Å². The summed E-state index contributed by atoms with van der Waals surface area (Å²) in [6.07, 6.45) is 14.3. The van der Waals surface area contributed by atoms with Crippen molar-refractivity contribution in [2.45, 2.75) is 65.2 Å². The molecule has 0 N–H and O–H groups in total. The topological polar surface area (TPSA) is 3.24 Å². The van der Waals surface area contributed by atoms with Gasteiger partial charge in [0.2, 0.25) is 0 Å². The molecule has 0 saturated heterocycles. The molecule has 0 aliphatic heterocycles. The Morgan fingerprint density at radius 1 is 0.812 bits per heavy atom. The number of allylic oxidation sites excluding steroid dienone is 1. The smallest absolute Gasteiger partial charge is 0.0172 e. The van der Waals surface area contributed by atoms with Crippen LogP contribution in [0.5, 0.6) is 0 Å². The first kappa shape index (κ1) is 15.5. The number of nitrogens with zero attached hydrogens (tertiary/aromatic N) is 1. The van der Waals surface area contributed by atoms with Crippen LogP contribution in [0.4, 0.5) is 0 Å². The Bertz CT molecular complexity index is 140. The molecule has 0 unspecified atom stereocenters. The van der Waals surface area contributed by atoms with Crippen molar-refractivity contribution < 1.29 is 0 Å². The fourth-order valence-electron chi connectivity index (χ4n) is 1.87. The van der Waals surface area contributed by atoms with Gasteiger partial charge in [-0.15, -0.1) is 0 Å². The third-order valence-corrected chi connectivity index (χ3v) is 2.89. The van der Waals surface area contributed by atoms with Crippen LogP contribution in [-0.4, -0.2) is 18.0 Å². The third kappa shape index (κ3) is 10.1. The normalized spacial score (nSPS) is 11.2. The van der Waals surface area contributed by atoms with Gasteiger partial charge in [0.05, 0.1) is 0 Å². The molecule has 0 spiro atoms. The van der Waals surface area contributed by atoms with Crippen molar-refractivity contribution in [3.63, 3.8) is 0 Å². The summed E-state index contributed by atoms with van der Waals surface area (Å²) in [6, 6.07) is 0. The van der Waals surface area contributed by atoms with E-state index in [4.69, 9.17) is 6.92 Å². The van der Waals surface area contributed by atoms with Crippen molar-refractivity contribution >= 4 is 0 Å². The fraction of sp³-hybridized carbons (Fsp3) is 0.800. The Hall–Kier alpha value is -0.460. The molecule has 0 saturated carbocycles. The summed E-state index contributed by atoms with van der Waals surface area (Å²) >= 11 is 0. The molecule has 16 heavy (non-hydrogen) atoms.